The number of rotatable bonds is 9. The first-order chi connectivity index (χ1) is 11.8. The van der Waals surface area contributed by atoms with Gasteiger partial charge in [-0.1, -0.05) is 13.8 Å². The Hall–Kier alpha value is -2.84. The third-order valence-corrected chi connectivity index (χ3v) is 3.26. The third kappa shape index (κ3) is 5.63. The van der Waals surface area contributed by atoms with Crippen LogP contribution in [0.4, 0.5) is 5.69 Å². The topological polar surface area (TPSA) is 120 Å². The van der Waals surface area contributed by atoms with Gasteiger partial charge in [0.25, 0.3) is 11.6 Å². The van der Waals surface area contributed by atoms with Crippen molar-refractivity contribution in [1.82, 2.24) is 10.6 Å². The number of nitro benzene ring substituents is 1. The number of nitrogens with zero attached hydrogens (tertiary/aromatic N) is 1. The molecule has 1 aromatic carbocycles. The molecule has 0 aliphatic rings. The largest absolute Gasteiger partial charge is 0.493 e. The number of hydrogen-bond donors (Lipinski definition) is 2. The molecule has 0 heterocycles. The van der Waals surface area contributed by atoms with Gasteiger partial charge in [0, 0.05) is 25.1 Å². The fourth-order valence-corrected chi connectivity index (χ4v) is 1.97. The lowest BCUT2D eigenvalue weighted by Gasteiger charge is -2.12. The summed E-state index contributed by atoms with van der Waals surface area (Å²) in [5.74, 6) is -0.507. The molecule has 0 saturated carbocycles. The average molecular weight is 353 g/mol. The molecule has 9 nitrogen and oxygen atoms in total. The minimum absolute atomic E-state index is 0.135. The van der Waals surface area contributed by atoms with E-state index in [1.807, 2.05) is 0 Å². The molecule has 9 heteroatoms. The van der Waals surface area contributed by atoms with E-state index in [0.29, 0.717) is 6.61 Å². The number of ether oxygens (including phenoxy) is 2. The molecule has 1 rings (SSSR count). The summed E-state index contributed by atoms with van der Waals surface area (Å²) in [4.78, 5) is 34.3. The van der Waals surface area contributed by atoms with Gasteiger partial charge in [0.1, 0.15) is 5.56 Å². The van der Waals surface area contributed by atoms with Crippen molar-refractivity contribution in [3.8, 4) is 11.5 Å². The summed E-state index contributed by atoms with van der Waals surface area (Å²) < 4.78 is 10.4. The number of amides is 2. The fourth-order valence-electron chi connectivity index (χ4n) is 1.97. The van der Waals surface area contributed by atoms with E-state index in [0.717, 1.165) is 6.07 Å². The van der Waals surface area contributed by atoms with E-state index in [4.69, 9.17) is 9.47 Å². The van der Waals surface area contributed by atoms with Crippen molar-refractivity contribution in [2.45, 2.75) is 20.8 Å². The molecule has 0 saturated heterocycles. The number of methoxy groups -OCH3 is 1. The van der Waals surface area contributed by atoms with Crippen molar-refractivity contribution in [3.63, 3.8) is 0 Å². The lowest BCUT2D eigenvalue weighted by Crippen LogP contribution is -2.36. The Morgan fingerprint density at radius 3 is 2.36 bits per heavy atom. The van der Waals surface area contributed by atoms with Crippen LogP contribution in [0.2, 0.25) is 0 Å². The lowest BCUT2D eigenvalue weighted by molar-refractivity contribution is -0.385. The van der Waals surface area contributed by atoms with Gasteiger partial charge in [-0.25, -0.2) is 0 Å². The Morgan fingerprint density at radius 1 is 1.20 bits per heavy atom. The normalized spacial score (nSPS) is 10.3. The van der Waals surface area contributed by atoms with Crippen molar-refractivity contribution in [2.24, 2.45) is 5.92 Å². The minimum Gasteiger partial charge on any atom is -0.493 e. The second kappa shape index (κ2) is 9.45. The van der Waals surface area contributed by atoms with E-state index < -0.39 is 10.8 Å². The molecule has 2 amide bonds. The van der Waals surface area contributed by atoms with Gasteiger partial charge in [-0.15, -0.1) is 0 Å². The van der Waals surface area contributed by atoms with E-state index in [-0.39, 0.29) is 47.7 Å². The van der Waals surface area contributed by atoms with E-state index >= 15 is 0 Å². The predicted molar refractivity (Wildman–Crippen MR) is 91.0 cm³/mol. The number of carbonyl (C=O) groups excluding carboxylic acids is 2. The fraction of sp³-hybridized carbons (Fsp3) is 0.500. The summed E-state index contributed by atoms with van der Waals surface area (Å²) in [5.41, 5.74) is -0.520. The van der Waals surface area contributed by atoms with Crippen molar-refractivity contribution in [3.05, 3.63) is 27.8 Å². The van der Waals surface area contributed by atoms with E-state index in [2.05, 4.69) is 10.6 Å². The van der Waals surface area contributed by atoms with Gasteiger partial charge in [0.2, 0.25) is 5.91 Å². The number of nitrogens with one attached hydrogen (secondary N) is 2. The van der Waals surface area contributed by atoms with Crippen molar-refractivity contribution in [1.29, 1.82) is 0 Å². The van der Waals surface area contributed by atoms with Gasteiger partial charge in [0.05, 0.1) is 24.7 Å². The van der Waals surface area contributed by atoms with Crippen LogP contribution in [-0.4, -0.2) is 43.5 Å². The molecule has 0 bridgehead atoms. The average Bonchev–Trinajstić information content (AvgIpc) is 2.57. The Morgan fingerprint density at radius 2 is 1.84 bits per heavy atom. The Kier molecular flexibility index (Phi) is 7.64. The van der Waals surface area contributed by atoms with Gasteiger partial charge < -0.3 is 20.1 Å². The number of hydrogen-bond acceptors (Lipinski definition) is 6. The SMILES string of the molecule is CCOc1cc(C(=O)NCCNC(=O)C(C)C)c([N+](=O)[O-])cc1OC. The highest BCUT2D eigenvalue weighted by atomic mass is 16.6. The number of carbonyl (C=O) groups is 2. The van der Waals surface area contributed by atoms with Crippen LogP contribution in [0.15, 0.2) is 12.1 Å². The van der Waals surface area contributed by atoms with Gasteiger partial charge in [-0.2, -0.15) is 0 Å². The Labute approximate surface area is 145 Å². The van der Waals surface area contributed by atoms with Crippen LogP contribution < -0.4 is 20.1 Å². The molecular weight excluding hydrogens is 330 g/mol. The zero-order chi connectivity index (χ0) is 19.0. The second-order valence-electron chi connectivity index (χ2n) is 5.41. The Balaban J connectivity index is 2.90. The molecule has 0 aliphatic heterocycles. The predicted octanol–water partition coefficient (Wildman–Crippen LogP) is 1.50. The smallest absolute Gasteiger partial charge is 0.286 e. The highest BCUT2D eigenvalue weighted by molar-refractivity contribution is 5.99. The van der Waals surface area contributed by atoms with Crippen molar-refractivity contribution in [2.75, 3.05) is 26.8 Å². The summed E-state index contributed by atoms with van der Waals surface area (Å²) >= 11 is 0. The third-order valence-electron chi connectivity index (χ3n) is 3.26. The molecule has 0 aliphatic carbocycles. The molecule has 1 aromatic rings. The summed E-state index contributed by atoms with van der Waals surface area (Å²) in [5, 5.41) is 16.4. The summed E-state index contributed by atoms with van der Waals surface area (Å²) in [7, 11) is 1.36. The summed E-state index contributed by atoms with van der Waals surface area (Å²) in [6, 6.07) is 2.43. The van der Waals surface area contributed by atoms with Crippen LogP contribution in [0.1, 0.15) is 31.1 Å². The molecule has 0 atom stereocenters. The van der Waals surface area contributed by atoms with E-state index in [9.17, 15) is 19.7 Å². The van der Waals surface area contributed by atoms with Gasteiger partial charge in [-0.3, -0.25) is 19.7 Å². The van der Waals surface area contributed by atoms with Crippen molar-refractivity contribution >= 4 is 17.5 Å². The van der Waals surface area contributed by atoms with Crippen LogP contribution in [0.3, 0.4) is 0 Å². The highest BCUT2D eigenvalue weighted by Crippen LogP contribution is 2.34. The van der Waals surface area contributed by atoms with E-state index in [1.165, 1.54) is 13.2 Å². The van der Waals surface area contributed by atoms with Crippen molar-refractivity contribution < 1.29 is 24.0 Å². The van der Waals surface area contributed by atoms with Gasteiger partial charge >= 0.3 is 0 Å². The highest BCUT2D eigenvalue weighted by Gasteiger charge is 2.24. The standard InChI is InChI=1S/C16H23N3O6/c1-5-25-14-8-11(12(19(22)23)9-13(14)24-4)16(21)18-7-6-17-15(20)10(2)3/h8-10H,5-7H2,1-4H3,(H,17,20)(H,18,21). The second-order valence-corrected chi connectivity index (χ2v) is 5.41. The van der Waals surface area contributed by atoms with Gasteiger partial charge in [0.15, 0.2) is 11.5 Å². The molecular formula is C16H23N3O6. The van der Waals surface area contributed by atoms with Crippen LogP contribution in [-0.2, 0) is 4.79 Å². The van der Waals surface area contributed by atoms with Crippen LogP contribution >= 0.6 is 0 Å². The Bertz CT molecular complexity index is 645. The lowest BCUT2D eigenvalue weighted by atomic mass is 10.1. The van der Waals surface area contributed by atoms with Crippen LogP contribution in [0.5, 0.6) is 11.5 Å². The molecule has 0 fully saturated rings. The maximum Gasteiger partial charge on any atom is 0.286 e. The zero-order valence-corrected chi connectivity index (χ0v) is 14.8. The molecule has 0 aromatic heterocycles. The minimum atomic E-state index is -0.659. The molecule has 0 unspecified atom stereocenters. The zero-order valence-electron chi connectivity index (χ0n) is 14.8. The summed E-state index contributed by atoms with van der Waals surface area (Å²) in [6.45, 7) is 5.94. The van der Waals surface area contributed by atoms with Crippen LogP contribution in [0, 0.1) is 16.0 Å². The first-order valence-corrected chi connectivity index (χ1v) is 7.86. The van der Waals surface area contributed by atoms with Crippen LogP contribution in [0.25, 0.3) is 0 Å². The molecule has 25 heavy (non-hydrogen) atoms. The first-order valence-electron chi connectivity index (χ1n) is 7.86. The first kappa shape index (κ1) is 20.2. The maximum absolute atomic E-state index is 12.3. The molecule has 0 spiro atoms. The number of benzene rings is 1. The summed E-state index contributed by atoms with van der Waals surface area (Å²) in [6.07, 6.45) is 0. The maximum atomic E-state index is 12.3. The molecule has 0 radical (unpaired) electrons. The quantitative estimate of drug-likeness (QED) is 0.394. The number of nitro groups is 1. The van der Waals surface area contributed by atoms with E-state index in [1.54, 1.807) is 20.8 Å². The van der Waals surface area contributed by atoms with Gasteiger partial charge in [-0.05, 0) is 6.92 Å². The molecule has 138 valence electrons. The molecule has 2 N–H and O–H groups in total. The monoisotopic (exact) mass is 353 g/mol.